The molecule has 1 heterocycles. The molecular weight excluding hydrogens is 400 g/mol. The quantitative estimate of drug-likeness (QED) is 0.335. The Balaban J connectivity index is 1.63. The first-order chi connectivity index (χ1) is 15.0. The van der Waals surface area contributed by atoms with E-state index < -0.39 is 11.0 Å². The maximum Gasteiger partial charge on any atom is 0.167 e. The summed E-state index contributed by atoms with van der Waals surface area (Å²) in [6, 6.07) is 0. The van der Waals surface area contributed by atoms with Gasteiger partial charge in [0.25, 0.3) is 0 Å². The van der Waals surface area contributed by atoms with Crippen molar-refractivity contribution in [3.63, 3.8) is 0 Å². The molecule has 0 radical (unpaired) electrons. The number of rotatable bonds is 7. The molecular formula is C28H40O4. The summed E-state index contributed by atoms with van der Waals surface area (Å²) < 4.78 is 6.15. The molecule has 1 spiro atoms. The molecule has 32 heavy (non-hydrogen) atoms. The number of hydrogen-bond donors (Lipinski definition) is 1. The van der Waals surface area contributed by atoms with Crippen LogP contribution in [-0.4, -0.2) is 35.0 Å². The predicted molar refractivity (Wildman–Crippen MR) is 126 cm³/mol. The molecule has 0 aromatic rings. The van der Waals surface area contributed by atoms with Crippen LogP contribution in [0.5, 0.6) is 0 Å². The second-order valence-electron chi connectivity index (χ2n) is 11.7. The van der Waals surface area contributed by atoms with Crippen LogP contribution in [0.2, 0.25) is 0 Å². The van der Waals surface area contributed by atoms with Gasteiger partial charge >= 0.3 is 0 Å². The average molecular weight is 441 g/mol. The topological polar surface area (TPSA) is 66.9 Å². The van der Waals surface area contributed by atoms with E-state index in [2.05, 4.69) is 52.5 Å². The fraction of sp³-hybridized carbons (Fsp3) is 0.714. The van der Waals surface area contributed by atoms with Crippen molar-refractivity contribution in [2.45, 2.75) is 91.0 Å². The molecule has 1 aliphatic heterocycles. The Morgan fingerprint density at radius 1 is 1.28 bits per heavy atom. The van der Waals surface area contributed by atoms with Crippen LogP contribution in [0.3, 0.4) is 0 Å². The van der Waals surface area contributed by atoms with Gasteiger partial charge in [-0.05, 0) is 73.3 Å². The molecule has 4 nitrogen and oxygen atoms in total. The van der Waals surface area contributed by atoms with Gasteiger partial charge in [-0.1, -0.05) is 52.0 Å². The summed E-state index contributed by atoms with van der Waals surface area (Å²) in [4.78, 5) is 25.7. The summed E-state index contributed by atoms with van der Waals surface area (Å²) in [5, 5.41) is 10.2. The number of aliphatic hydroxyl groups excluding tert-OH is 1. The van der Waals surface area contributed by atoms with E-state index in [-0.39, 0.29) is 29.3 Å². The molecule has 1 saturated heterocycles. The summed E-state index contributed by atoms with van der Waals surface area (Å²) in [6.45, 7) is 14.9. The van der Waals surface area contributed by atoms with Gasteiger partial charge in [0.05, 0.1) is 11.5 Å². The summed E-state index contributed by atoms with van der Waals surface area (Å²) in [5.74, 6) is 1.30. The van der Waals surface area contributed by atoms with Crippen molar-refractivity contribution in [2.75, 3.05) is 0 Å². The lowest BCUT2D eigenvalue weighted by Gasteiger charge is -2.46. The van der Waals surface area contributed by atoms with Crippen molar-refractivity contribution >= 4 is 12.1 Å². The molecule has 0 amide bonds. The van der Waals surface area contributed by atoms with Crippen molar-refractivity contribution < 1.29 is 19.4 Å². The highest BCUT2D eigenvalue weighted by molar-refractivity contribution is 6.03. The van der Waals surface area contributed by atoms with E-state index in [0.717, 1.165) is 30.3 Å². The van der Waals surface area contributed by atoms with Crippen LogP contribution in [0.15, 0.2) is 36.0 Å². The Morgan fingerprint density at radius 2 is 2.00 bits per heavy atom. The first-order valence-corrected chi connectivity index (χ1v) is 12.4. The highest BCUT2D eigenvalue weighted by atomic mass is 16.6. The monoisotopic (exact) mass is 440 g/mol. The Kier molecular flexibility index (Phi) is 5.95. The lowest BCUT2D eigenvalue weighted by molar-refractivity contribution is -0.134. The first-order valence-electron chi connectivity index (χ1n) is 12.4. The molecule has 8 atom stereocenters. The maximum atomic E-state index is 13.9. The Labute approximate surface area is 193 Å². The average Bonchev–Trinajstić information content (AvgIpc) is 3.33. The number of hydrogen-bond acceptors (Lipinski definition) is 4. The van der Waals surface area contributed by atoms with Gasteiger partial charge in [0.1, 0.15) is 18.0 Å². The number of Topliss-reactive ketones (excluding diaryl/α,β-unsaturated/α-hetero) is 1. The summed E-state index contributed by atoms with van der Waals surface area (Å²) in [7, 11) is 0. The van der Waals surface area contributed by atoms with Crippen molar-refractivity contribution in [2.24, 2.45) is 34.5 Å². The zero-order chi connectivity index (χ0) is 23.5. The maximum absolute atomic E-state index is 13.9. The smallest absolute Gasteiger partial charge is 0.167 e. The van der Waals surface area contributed by atoms with Crippen LogP contribution in [0.4, 0.5) is 0 Å². The Morgan fingerprint density at radius 3 is 2.66 bits per heavy atom. The van der Waals surface area contributed by atoms with Crippen molar-refractivity contribution in [3.05, 3.63) is 36.0 Å². The zero-order valence-corrected chi connectivity index (χ0v) is 20.4. The number of ketones is 1. The number of aliphatic hydroxyl groups is 1. The third-order valence-electron chi connectivity index (χ3n) is 9.58. The fourth-order valence-corrected chi connectivity index (χ4v) is 7.16. The second kappa shape index (κ2) is 8.06. The highest BCUT2D eigenvalue weighted by Crippen LogP contribution is 2.65. The molecule has 4 rings (SSSR count). The largest absolute Gasteiger partial charge is 0.393 e. The van der Waals surface area contributed by atoms with Crippen LogP contribution in [0, 0.1) is 34.5 Å². The van der Waals surface area contributed by atoms with Gasteiger partial charge in [0, 0.05) is 12.8 Å². The van der Waals surface area contributed by atoms with E-state index in [1.54, 1.807) is 0 Å². The van der Waals surface area contributed by atoms with Gasteiger partial charge in [-0.3, -0.25) is 4.79 Å². The first kappa shape index (κ1) is 23.6. The predicted octanol–water partition coefficient (Wildman–Crippen LogP) is 5.21. The van der Waals surface area contributed by atoms with E-state index in [9.17, 15) is 14.7 Å². The molecule has 4 aliphatic rings. The lowest BCUT2D eigenvalue weighted by Crippen LogP contribution is -2.53. The van der Waals surface area contributed by atoms with Crippen LogP contribution in [0.25, 0.3) is 0 Å². The number of carbonyl (C=O) groups excluding carboxylic acids is 2. The van der Waals surface area contributed by atoms with Crippen LogP contribution < -0.4 is 0 Å². The third kappa shape index (κ3) is 3.40. The standard InChI is InChI=1S/C28H40O4/c1-17(2)18(3)7-8-19(4)22-9-10-23(26(22,5)13-14-29)21-15-24-28(32-24)16-20(30)11-12-27(28,6)25(21)31/h7-8,14-15,17,19-20,22-24,30H,3,9-13,16H2,1-2,4-6H3/b8-7+/t19-,20+,22-,23+,24+,26-,27-,28+/m1/s1. The van der Waals surface area contributed by atoms with E-state index >= 15 is 0 Å². The molecule has 4 heteroatoms. The zero-order valence-electron chi connectivity index (χ0n) is 20.4. The number of aldehydes is 1. The van der Waals surface area contributed by atoms with E-state index in [1.807, 2.05) is 6.92 Å². The normalized spacial score (nSPS) is 44.2. The Hall–Kier alpha value is -1.52. The molecule has 0 aromatic carbocycles. The highest BCUT2D eigenvalue weighted by Gasteiger charge is 2.73. The van der Waals surface area contributed by atoms with Crippen molar-refractivity contribution in [1.82, 2.24) is 0 Å². The van der Waals surface area contributed by atoms with Gasteiger partial charge in [0.15, 0.2) is 5.78 Å². The molecule has 176 valence electrons. The molecule has 3 aliphatic carbocycles. The summed E-state index contributed by atoms with van der Waals surface area (Å²) >= 11 is 0. The van der Waals surface area contributed by atoms with Crippen molar-refractivity contribution in [3.8, 4) is 0 Å². The number of carbonyl (C=O) groups is 2. The molecule has 0 aromatic heterocycles. The minimum atomic E-state index is -0.568. The van der Waals surface area contributed by atoms with Crippen LogP contribution in [-0.2, 0) is 14.3 Å². The number of allylic oxidation sites excluding steroid dienone is 4. The van der Waals surface area contributed by atoms with Crippen LogP contribution >= 0.6 is 0 Å². The van der Waals surface area contributed by atoms with Gasteiger partial charge in [-0.2, -0.15) is 0 Å². The van der Waals surface area contributed by atoms with Gasteiger partial charge in [-0.15, -0.1) is 0 Å². The molecule has 3 fully saturated rings. The van der Waals surface area contributed by atoms with E-state index in [1.165, 1.54) is 0 Å². The third-order valence-corrected chi connectivity index (χ3v) is 9.58. The van der Waals surface area contributed by atoms with Gasteiger partial charge in [-0.25, -0.2) is 0 Å². The minimum absolute atomic E-state index is 0.0697. The summed E-state index contributed by atoms with van der Waals surface area (Å²) in [6.07, 6.45) is 11.3. The minimum Gasteiger partial charge on any atom is -0.393 e. The van der Waals surface area contributed by atoms with Crippen LogP contribution in [0.1, 0.15) is 73.1 Å². The van der Waals surface area contributed by atoms with E-state index in [4.69, 9.17) is 4.74 Å². The number of epoxide rings is 1. The van der Waals surface area contributed by atoms with Crippen molar-refractivity contribution in [1.29, 1.82) is 0 Å². The second-order valence-corrected chi connectivity index (χ2v) is 11.7. The molecule has 2 saturated carbocycles. The molecule has 0 bridgehead atoms. The molecule has 1 N–H and O–H groups in total. The fourth-order valence-electron chi connectivity index (χ4n) is 7.16. The van der Waals surface area contributed by atoms with Gasteiger partial charge in [0.2, 0.25) is 0 Å². The SMILES string of the molecule is C=C(/C=C/[C@@H](C)[C@H]1CC[C@@H](C2=C[C@@H]3O[C@@]34C[C@@H](O)CC[C@]4(C)C2=O)[C@]1(C)CC=O)C(C)C. The Bertz CT molecular complexity index is 869. The lowest BCUT2D eigenvalue weighted by atomic mass is 9.55. The summed E-state index contributed by atoms with van der Waals surface area (Å²) in [5.41, 5.74) is 0.657. The number of ether oxygens (including phenoxy) is 1. The molecule has 0 unspecified atom stereocenters. The van der Waals surface area contributed by atoms with E-state index in [0.29, 0.717) is 43.4 Å². The van der Waals surface area contributed by atoms with Gasteiger partial charge < -0.3 is 14.6 Å².